The summed E-state index contributed by atoms with van der Waals surface area (Å²) in [5, 5.41) is 15.4. The molecule has 0 aliphatic rings. The maximum atomic E-state index is 10.4. The number of hydrogen-bond donors (Lipinski definition) is 1. The van der Waals surface area contributed by atoms with Gasteiger partial charge in [0.25, 0.3) is 0 Å². The van der Waals surface area contributed by atoms with Crippen LogP contribution in [0.2, 0.25) is 0 Å². The maximum absolute atomic E-state index is 10.4. The SMILES string of the molecule is COC[C@@H](O)CN(Cc1c(C(C)C)nn(-c2ccc(OC)cc2)c1Oc1ccccc1)C(C)C. The molecule has 0 radical (unpaired) electrons. The summed E-state index contributed by atoms with van der Waals surface area (Å²) in [6.45, 7) is 9.89. The van der Waals surface area contributed by atoms with E-state index in [0.717, 1.165) is 28.4 Å². The van der Waals surface area contributed by atoms with Crippen molar-refractivity contribution in [3.8, 4) is 23.1 Å². The lowest BCUT2D eigenvalue weighted by Crippen LogP contribution is -2.39. The highest BCUT2D eigenvalue weighted by Gasteiger charge is 2.26. The molecule has 2 aromatic carbocycles. The molecule has 1 atom stereocenters. The Hall–Kier alpha value is -2.87. The van der Waals surface area contributed by atoms with Gasteiger partial charge in [-0.15, -0.1) is 0 Å². The number of aromatic nitrogens is 2. The summed E-state index contributed by atoms with van der Waals surface area (Å²) in [6.07, 6.45) is -0.579. The molecule has 1 aromatic heterocycles. The van der Waals surface area contributed by atoms with Crippen LogP contribution >= 0.6 is 0 Å². The maximum Gasteiger partial charge on any atom is 0.227 e. The van der Waals surface area contributed by atoms with E-state index >= 15 is 0 Å². The lowest BCUT2D eigenvalue weighted by atomic mass is 10.0. The third-order valence-corrected chi connectivity index (χ3v) is 5.68. The summed E-state index contributed by atoms with van der Waals surface area (Å²) < 4.78 is 18.8. The summed E-state index contributed by atoms with van der Waals surface area (Å²) >= 11 is 0. The smallest absolute Gasteiger partial charge is 0.227 e. The minimum atomic E-state index is -0.579. The second-order valence-electron chi connectivity index (χ2n) is 8.98. The molecule has 3 rings (SSSR count). The van der Waals surface area contributed by atoms with Crippen LogP contribution in [0.1, 0.15) is 44.9 Å². The number of rotatable bonds is 12. The summed E-state index contributed by atoms with van der Waals surface area (Å²) in [5.41, 5.74) is 2.86. The van der Waals surface area contributed by atoms with E-state index in [1.807, 2.05) is 59.3 Å². The van der Waals surface area contributed by atoms with Gasteiger partial charge in [0.1, 0.15) is 11.5 Å². The van der Waals surface area contributed by atoms with E-state index in [2.05, 4.69) is 32.6 Å². The van der Waals surface area contributed by atoms with Gasteiger partial charge in [-0.3, -0.25) is 4.90 Å². The summed E-state index contributed by atoms with van der Waals surface area (Å²) in [6, 6.07) is 17.7. The van der Waals surface area contributed by atoms with Crippen LogP contribution in [-0.2, 0) is 11.3 Å². The van der Waals surface area contributed by atoms with Gasteiger partial charge < -0.3 is 19.3 Å². The van der Waals surface area contributed by atoms with Gasteiger partial charge in [-0.2, -0.15) is 5.10 Å². The number of methoxy groups -OCH3 is 2. The van der Waals surface area contributed by atoms with Crippen molar-refractivity contribution >= 4 is 0 Å². The summed E-state index contributed by atoms with van der Waals surface area (Å²) in [5.74, 6) is 2.38. The van der Waals surface area contributed by atoms with Crippen molar-refractivity contribution in [1.29, 1.82) is 0 Å². The standard InChI is InChI=1S/C27H37N3O4/c1-19(2)26-25(17-29(20(3)4)16-22(31)18-32-5)27(34-24-10-8-7-9-11-24)30(28-26)21-12-14-23(33-6)15-13-21/h7-15,19-20,22,31H,16-18H2,1-6H3/t22-/m0/s1. The topological polar surface area (TPSA) is 69.0 Å². The van der Waals surface area contributed by atoms with Crippen LogP contribution in [-0.4, -0.2) is 59.3 Å². The first-order valence-corrected chi connectivity index (χ1v) is 11.7. The Morgan fingerprint density at radius 1 is 0.941 bits per heavy atom. The van der Waals surface area contributed by atoms with Gasteiger partial charge in [0.05, 0.1) is 36.8 Å². The largest absolute Gasteiger partial charge is 0.497 e. The summed E-state index contributed by atoms with van der Waals surface area (Å²) in [4.78, 5) is 2.22. The van der Waals surface area contributed by atoms with E-state index in [9.17, 15) is 5.11 Å². The molecule has 0 amide bonds. The van der Waals surface area contributed by atoms with E-state index in [1.54, 1.807) is 14.2 Å². The molecular weight excluding hydrogens is 430 g/mol. The molecule has 0 aliphatic carbocycles. The van der Waals surface area contributed by atoms with Gasteiger partial charge in [-0.1, -0.05) is 32.0 Å². The normalized spacial score (nSPS) is 12.5. The highest BCUT2D eigenvalue weighted by Crippen LogP contribution is 2.35. The van der Waals surface area contributed by atoms with E-state index < -0.39 is 6.10 Å². The number of aliphatic hydroxyl groups excluding tert-OH is 1. The van der Waals surface area contributed by atoms with Gasteiger partial charge in [0.2, 0.25) is 5.88 Å². The zero-order valence-corrected chi connectivity index (χ0v) is 21.1. The Labute approximate surface area is 202 Å². The van der Waals surface area contributed by atoms with Crippen LogP contribution in [0.5, 0.6) is 17.4 Å². The number of ether oxygens (including phenoxy) is 3. The highest BCUT2D eigenvalue weighted by molar-refractivity contribution is 5.46. The van der Waals surface area contributed by atoms with Crippen LogP contribution in [0, 0.1) is 0 Å². The minimum Gasteiger partial charge on any atom is -0.497 e. The number of nitrogens with zero attached hydrogens (tertiary/aromatic N) is 3. The Morgan fingerprint density at radius 2 is 1.62 bits per heavy atom. The van der Waals surface area contributed by atoms with Crippen molar-refractivity contribution in [3.63, 3.8) is 0 Å². The van der Waals surface area contributed by atoms with E-state index in [0.29, 0.717) is 25.6 Å². The fourth-order valence-corrected chi connectivity index (χ4v) is 3.84. The van der Waals surface area contributed by atoms with Crippen molar-refractivity contribution in [2.75, 3.05) is 27.4 Å². The molecule has 0 spiro atoms. The quantitative estimate of drug-likeness (QED) is 0.404. The van der Waals surface area contributed by atoms with Crippen LogP contribution in [0.25, 0.3) is 5.69 Å². The van der Waals surface area contributed by atoms with Gasteiger partial charge in [0.15, 0.2) is 0 Å². The second-order valence-corrected chi connectivity index (χ2v) is 8.98. The fraction of sp³-hybridized carbons (Fsp3) is 0.444. The average molecular weight is 468 g/mol. The van der Waals surface area contributed by atoms with Crippen LogP contribution in [0.15, 0.2) is 54.6 Å². The monoisotopic (exact) mass is 467 g/mol. The molecule has 0 saturated heterocycles. The van der Waals surface area contributed by atoms with Gasteiger partial charge in [0, 0.05) is 26.2 Å². The Kier molecular flexibility index (Phi) is 9.10. The predicted octanol–water partition coefficient (Wildman–Crippen LogP) is 5.01. The molecule has 7 heteroatoms. The van der Waals surface area contributed by atoms with Crippen molar-refractivity contribution in [1.82, 2.24) is 14.7 Å². The fourth-order valence-electron chi connectivity index (χ4n) is 3.84. The Bertz CT molecular complexity index is 1020. The molecule has 34 heavy (non-hydrogen) atoms. The first-order chi connectivity index (χ1) is 16.3. The van der Waals surface area contributed by atoms with E-state index in [4.69, 9.17) is 19.3 Å². The first kappa shape index (κ1) is 25.7. The van der Waals surface area contributed by atoms with Gasteiger partial charge in [-0.25, -0.2) is 4.68 Å². The number of para-hydroxylation sites is 1. The predicted molar refractivity (Wildman–Crippen MR) is 134 cm³/mol. The van der Waals surface area contributed by atoms with Gasteiger partial charge >= 0.3 is 0 Å². The molecule has 184 valence electrons. The zero-order chi connectivity index (χ0) is 24.7. The Morgan fingerprint density at radius 3 is 2.18 bits per heavy atom. The molecule has 0 aliphatic heterocycles. The van der Waals surface area contributed by atoms with Crippen LogP contribution in [0.4, 0.5) is 0 Å². The second kappa shape index (κ2) is 12.0. The molecule has 0 unspecified atom stereocenters. The third kappa shape index (κ3) is 6.38. The molecule has 1 N–H and O–H groups in total. The van der Waals surface area contributed by atoms with Crippen molar-refractivity contribution in [2.24, 2.45) is 0 Å². The Balaban J connectivity index is 2.10. The third-order valence-electron chi connectivity index (χ3n) is 5.68. The van der Waals surface area contributed by atoms with E-state index in [-0.39, 0.29) is 12.0 Å². The van der Waals surface area contributed by atoms with Crippen molar-refractivity contribution in [2.45, 2.75) is 52.3 Å². The van der Waals surface area contributed by atoms with Crippen molar-refractivity contribution < 1.29 is 19.3 Å². The molecular formula is C27H37N3O4. The highest BCUT2D eigenvalue weighted by atomic mass is 16.5. The lowest BCUT2D eigenvalue weighted by molar-refractivity contribution is 0.0277. The molecule has 0 fully saturated rings. The molecule has 7 nitrogen and oxygen atoms in total. The minimum absolute atomic E-state index is 0.186. The zero-order valence-electron chi connectivity index (χ0n) is 21.1. The van der Waals surface area contributed by atoms with Crippen LogP contribution < -0.4 is 9.47 Å². The number of benzene rings is 2. The van der Waals surface area contributed by atoms with Crippen LogP contribution in [0.3, 0.4) is 0 Å². The number of hydrogen-bond acceptors (Lipinski definition) is 6. The summed E-state index contributed by atoms with van der Waals surface area (Å²) in [7, 11) is 3.25. The molecule has 0 saturated carbocycles. The van der Waals surface area contributed by atoms with Gasteiger partial charge in [-0.05, 0) is 56.2 Å². The molecule has 1 heterocycles. The van der Waals surface area contributed by atoms with E-state index in [1.165, 1.54) is 0 Å². The average Bonchev–Trinajstić information content (AvgIpc) is 3.17. The molecule has 0 bridgehead atoms. The molecule has 3 aromatic rings. The number of aliphatic hydroxyl groups is 1. The van der Waals surface area contributed by atoms with Crippen molar-refractivity contribution in [3.05, 3.63) is 65.9 Å². The first-order valence-electron chi connectivity index (χ1n) is 11.7. The lowest BCUT2D eigenvalue weighted by Gasteiger charge is -2.29.